The highest BCUT2D eigenvalue weighted by atomic mass is 79.9. The van der Waals surface area contributed by atoms with Gasteiger partial charge in [0.05, 0.1) is 0 Å². The predicted octanol–water partition coefficient (Wildman–Crippen LogP) is 5.99. The maximum atomic E-state index is 12.2. The fourth-order valence-corrected chi connectivity index (χ4v) is 5.49. The summed E-state index contributed by atoms with van der Waals surface area (Å²) in [5.74, 6) is -0.776. The molecule has 5 heteroatoms. The fourth-order valence-electron chi connectivity index (χ4n) is 4.31. The largest absolute Gasteiger partial charge is 0.480 e. The van der Waals surface area contributed by atoms with Crippen LogP contribution in [-0.2, 0) is 10.2 Å². The van der Waals surface area contributed by atoms with Gasteiger partial charge in [-0.15, -0.1) is 0 Å². The highest BCUT2D eigenvalue weighted by molar-refractivity contribution is 9.10. The number of allylic oxidation sites excluding steroid dienone is 1. The monoisotopic (exact) mass is 475 g/mol. The Labute approximate surface area is 169 Å². The summed E-state index contributed by atoms with van der Waals surface area (Å²) in [4.78, 5) is 12.2. The molecule has 0 heterocycles. The van der Waals surface area contributed by atoms with Gasteiger partial charge in [0.25, 0.3) is 0 Å². The van der Waals surface area contributed by atoms with Gasteiger partial charge in [0.2, 0.25) is 0 Å². The topological polar surface area (TPSA) is 49.3 Å². The lowest BCUT2D eigenvalue weighted by Gasteiger charge is -2.43. The minimum atomic E-state index is -0.927. The number of halogens is 2. The molecular weight excluding hydrogens is 458 g/mol. The number of carbonyl (C=O) groups is 1. The Morgan fingerprint density at radius 2 is 1.77 bits per heavy atom. The first-order valence-electron chi connectivity index (χ1n) is 8.70. The molecule has 0 radical (unpaired) electrons. The van der Waals surface area contributed by atoms with Gasteiger partial charge in [-0.05, 0) is 61.1 Å². The zero-order valence-corrected chi connectivity index (χ0v) is 17.3. The van der Waals surface area contributed by atoms with Crippen molar-refractivity contribution < 1.29 is 9.90 Å². The summed E-state index contributed by atoms with van der Waals surface area (Å²) in [6, 6.07) is 13.9. The number of hydrogen-bond acceptors (Lipinski definition) is 2. The average molecular weight is 477 g/mol. The molecule has 0 aliphatic heterocycles. The summed E-state index contributed by atoms with van der Waals surface area (Å²) in [5.41, 5.74) is 2.39. The van der Waals surface area contributed by atoms with Gasteiger partial charge >= 0.3 is 5.97 Å². The molecule has 0 saturated heterocycles. The molecule has 0 atom stereocenters. The van der Waals surface area contributed by atoms with E-state index in [0.29, 0.717) is 12.8 Å². The van der Waals surface area contributed by atoms with Crippen LogP contribution in [0.2, 0.25) is 0 Å². The van der Waals surface area contributed by atoms with E-state index in [-0.39, 0.29) is 5.41 Å². The summed E-state index contributed by atoms with van der Waals surface area (Å²) in [7, 11) is 0. The zero-order valence-electron chi connectivity index (χ0n) is 14.1. The van der Waals surface area contributed by atoms with Gasteiger partial charge in [-0.1, -0.05) is 62.2 Å². The van der Waals surface area contributed by atoms with E-state index in [9.17, 15) is 9.90 Å². The highest BCUT2D eigenvalue weighted by Crippen LogP contribution is 2.51. The maximum Gasteiger partial charge on any atom is 0.329 e. The molecule has 3 nitrogen and oxygen atoms in total. The molecule has 2 aromatic rings. The van der Waals surface area contributed by atoms with E-state index in [2.05, 4.69) is 61.5 Å². The Balaban J connectivity index is 1.62. The first kappa shape index (κ1) is 17.8. The second kappa shape index (κ2) is 6.54. The molecular formula is C21H19Br2NO2. The van der Waals surface area contributed by atoms with Crippen molar-refractivity contribution in [1.82, 2.24) is 0 Å². The van der Waals surface area contributed by atoms with Gasteiger partial charge < -0.3 is 10.4 Å². The van der Waals surface area contributed by atoms with Crippen molar-refractivity contribution in [3.05, 3.63) is 68.6 Å². The van der Waals surface area contributed by atoms with Gasteiger partial charge in [0, 0.05) is 20.0 Å². The van der Waals surface area contributed by atoms with Crippen LogP contribution in [0, 0.1) is 0 Å². The molecule has 1 saturated carbocycles. The number of carboxylic acid groups (broad SMARTS) is 1. The molecule has 1 spiro atoms. The summed E-state index contributed by atoms with van der Waals surface area (Å²) in [6.45, 7) is 0. The molecule has 4 rings (SSSR count). The smallest absolute Gasteiger partial charge is 0.329 e. The molecule has 0 amide bonds. The Bertz CT molecular complexity index is 899. The number of aliphatic carboxylic acids is 1. The van der Waals surface area contributed by atoms with E-state index in [0.717, 1.165) is 27.5 Å². The Hall–Kier alpha value is -1.59. The molecule has 2 aliphatic carbocycles. The van der Waals surface area contributed by atoms with Gasteiger partial charge in [-0.2, -0.15) is 0 Å². The Kier molecular flexibility index (Phi) is 4.48. The number of carboxylic acids is 1. The molecule has 0 aromatic heterocycles. The van der Waals surface area contributed by atoms with Gasteiger partial charge in [0.15, 0.2) is 0 Å². The van der Waals surface area contributed by atoms with Crippen molar-refractivity contribution in [1.29, 1.82) is 0 Å². The minimum absolute atomic E-state index is 0.0622. The van der Waals surface area contributed by atoms with Crippen LogP contribution in [0.1, 0.15) is 36.8 Å². The summed E-state index contributed by atoms with van der Waals surface area (Å²) >= 11 is 7.15. The first-order chi connectivity index (χ1) is 12.4. The minimum Gasteiger partial charge on any atom is -0.480 e. The normalized spacial score (nSPS) is 26.7. The van der Waals surface area contributed by atoms with Crippen molar-refractivity contribution in [2.24, 2.45) is 0 Å². The van der Waals surface area contributed by atoms with Crippen LogP contribution in [0.25, 0.3) is 6.08 Å². The van der Waals surface area contributed by atoms with Crippen LogP contribution in [0.15, 0.2) is 57.5 Å². The first-order valence-corrected chi connectivity index (χ1v) is 10.3. The van der Waals surface area contributed by atoms with Crippen molar-refractivity contribution in [2.45, 2.75) is 36.6 Å². The van der Waals surface area contributed by atoms with Crippen LogP contribution < -0.4 is 5.32 Å². The van der Waals surface area contributed by atoms with E-state index < -0.39 is 11.5 Å². The third kappa shape index (κ3) is 2.91. The molecule has 0 unspecified atom stereocenters. The molecule has 2 aliphatic rings. The van der Waals surface area contributed by atoms with Crippen molar-refractivity contribution in [3.8, 4) is 0 Å². The van der Waals surface area contributed by atoms with Crippen LogP contribution in [0.3, 0.4) is 0 Å². The summed E-state index contributed by atoms with van der Waals surface area (Å²) in [5, 5.41) is 13.3. The van der Waals surface area contributed by atoms with E-state index in [1.807, 2.05) is 30.3 Å². The van der Waals surface area contributed by atoms with Crippen LogP contribution in [0.4, 0.5) is 5.69 Å². The average Bonchev–Trinajstić information content (AvgIpc) is 2.97. The number of fused-ring (bicyclic) bond motifs is 2. The molecule has 0 bridgehead atoms. The number of nitrogens with one attached hydrogen (secondary N) is 1. The molecule has 2 N–H and O–H groups in total. The number of rotatable bonds is 3. The number of benzene rings is 2. The third-order valence-corrected chi connectivity index (χ3v) is 6.89. The Morgan fingerprint density at radius 1 is 1.04 bits per heavy atom. The third-order valence-electron chi connectivity index (χ3n) is 5.74. The lowest BCUT2D eigenvalue weighted by molar-refractivity contribution is -0.143. The van der Waals surface area contributed by atoms with Gasteiger partial charge in [0.1, 0.15) is 5.54 Å². The number of hydrogen-bond donors (Lipinski definition) is 2. The summed E-state index contributed by atoms with van der Waals surface area (Å²) in [6.07, 6.45) is 7.24. The van der Waals surface area contributed by atoms with Gasteiger partial charge in [-0.25, -0.2) is 4.79 Å². The van der Waals surface area contributed by atoms with E-state index in [1.54, 1.807) is 0 Å². The van der Waals surface area contributed by atoms with E-state index in [1.165, 1.54) is 11.1 Å². The van der Waals surface area contributed by atoms with Gasteiger partial charge in [-0.3, -0.25) is 0 Å². The molecule has 134 valence electrons. The number of anilines is 1. The maximum absolute atomic E-state index is 12.2. The van der Waals surface area contributed by atoms with Crippen LogP contribution >= 0.6 is 31.9 Å². The quantitative estimate of drug-likeness (QED) is 0.572. The van der Waals surface area contributed by atoms with E-state index in [4.69, 9.17) is 0 Å². The van der Waals surface area contributed by atoms with Crippen molar-refractivity contribution in [2.75, 3.05) is 5.32 Å². The highest BCUT2D eigenvalue weighted by Gasteiger charge is 2.49. The lowest BCUT2D eigenvalue weighted by atomic mass is 9.65. The Morgan fingerprint density at radius 3 is 2.46 bits per heavy atom. The lowest BCUT2D eigenvalue weighted by Crippen LogP contribution is -2.51. The van der Waals surface area contributed by atoms with Crippen molar-refractivity contribution in [3.63, 3.8) is 0 Å². The van der Waals surface area contributed by atoms with Crippen molar-refractivity contribution >= 4 is 49.6 Å². The SMILES string of the molecule is O=C(O)C1(Nc2cccc(Br)c2)CCC2(C=Cc3cccc(Br)c32)CC1. The van der Waals surface area contributed by atoms with E-state index >= 15 is 0 Å². The second-order valence-electron chi connectivity index (χ2n) is 7.22. The second-order valence-corrected chi connectivity index (χ2v) is 8.99. The van der Waals surface area contributed by atoms with Crippen LogP contribution in [0.5, 0.6) is 0 Å². The van der Waals surface area contributed by atoms with Crippen LogP contribution in [-0.4, -0.2) is 16.6 Å². The zero-order chi connectivity index (χ0) is 18.4. The predicted molar refractivity (Wildman–Crippen MR) is 111 cm³/mol. The summed E-state index contributed by atoms with van der Waals surface area (Å²) < 4.78 is 2.05. The molecule has 1 fully saturated rings. The fraction of sp³-hybridized carbons (Fsp3) is 0.286. The molecule has 2 aromatic carbocycles. The molecule has 26 heavy (non-hydrogen) atoms. The standard InChI is InChI=1S/C21H19Br2NO2/c22-15-4-2-5-16(13-15)24-21(19(25)26)11-9-20(10-12-21)8-7-14-3-1-6-17(23)18(14)20/h1-8,13,24H,9-12H2,(H,25,26).